The summed E-state index contributed by atoms with van der Waals surface area (Å²) in [5.74, 6) is 1.50. The molecule has 0 amide bonds. The summed E-state index contributed by atoms with van der Waals surface area (Å²) in [7, 11) is 0. The lowest BCUT2D eigenvalue weighted by Gasteiger charge is -2.09. The molecule has 5 heteroatoms. The molecule has 0 atom stereocenters. The maximum atomic E-state index is 5.81. The van der Waals surface area contributed by atoms with Crippen LogP contribution in [0.4, 0.5) is 0 Å². The molecule has 1 heterocycles. The number of hydrogen-bond donors (Lipinski definition) is 1. The SMILES string of the molecule is CCCn1cc(Oc2cccc(Br)c2CN)cn1. The molecule has 18 heavy (non-hydrogen) atoms. The second-order valence-electron chi connectivity index (χ2n) is 3.96. The number of aryl methyl sites for hydroxylation is 1. The quantitative estimate of drug-likeness (QED) is 0.922. The van der Waals surface area contributed by atoms with Gasteiger partial charge in [-0.3, -0.25) is 4.68 Å². The minimum absolute atomic E-state index is 0.430. The molecule has 2 aromatic rings. The molecule has 1 aromatic heterocycles. The van der Waals surface area contributed by atoms with Crippen LogP contribution in [0, 0.1) is 0 Å². The number of nitrogens with two attached hydrogens (primary N) is 1. The zero-order valence-electron chi connectivity index (χ0n) is 10.3. The largest absolute Gasteiger partial charge is 0.454 e. The maximum absolute atomic E-state index is 5.81. The number of nitrogens with zero attached hydrogens (tertiary/aromatic N) is 2. The van der Waals surface area contributed by atoms with Gasteiger partial charge in [0.2, 0.25) is 0 Å². The summed E-state index contributed by atoms with van der Waals surface area (Å²) in [6.07, 6.45) is 4.66. The number of aromatic nitrogens is 2. The van der Waals surface area contributed by atoms with Crippen molar-refractivity contribution in [3.63, 3.8) is 0 Å². The van der Waals surface area contributed by atoms with E-state index in [9.17, 15) is 0 Å². The summed E-state index contributed by atoms with van der Waals surface area (Å²) in [5.41, 5.74) is 6.69. The first-order chi connectivity index (χ1) is 8.74. The van der Waals surface area contributed by atoms with Crippen LogP contribution in [0.2, 0.25) is 0 Å². The van der Waals surface area contributed by atoms with Crippen molar-refractivity contribution < 1.29 is 4.74 Å². The Morgan fingerprint density at radius 2 is 2.28 bits per heavy atom. The molecule has 0 aliphatic heterocycles. The summed E-state index contributed by atoms with van der Waals surface area (Å²) in [6, 6.07) is 5.79. The van der Waals surface area contributed by atoms with E-state index in [1.54, 1.807) is 6.20 Å². The van der Waals surface area contributed by atoms with E-state index in [4.69, 9.17) is 10.5 Å². The Labute approximate surface area is 115 Å². The summed E-state index contributed by atoms with van der Waals surface area (Å²) in [4.78, 5) is 0. The minimum Gasteiger partial charge on any atom is -0.454 e. The molecule has 0 aliphatic carbocycles. The second-order valence-corrected chi connectivity index (χ2v) is 4.82. The van der Waals surface area contributed by atoms with Crippen LogP contribution in [0.1, 0.15) is 18.9 Å². The Bertz CT molecular complexity index is 525. The summed E-state index contributed by atoms with van der Waals surface area (Å²) < 4.78 is 8.65. The third kappa shape index (κ3) is 2.91. The highest BCUT2D eigenvalue weighted by molar-refractivity contribution is 9.10. The first-order valence-electron chi connectivity index (χ1n) is 5.92. The van der Waals surface area contributed by atoms with Crippen LogP contribution in [-0.4, -0.2) is 9.78 Å². The van der Waals surface area contributed by atoms with Crippen molar-refractivity contribution in [3.8, 4) is 11.5 Å². The first-order valence-corrected chi connectivity index (χ1v) is 6.71. The molecule has 4 nitrogen and oxygen atoms in total. The van der Waals surface area contributed by atoms with Gasteiger partial charge in [0.1, 0.15) is 5.75 Å². The number of ether oxygens (including phenoxy) is 1. The van der Waals surface area contributed by atoms with E-state index in [0.717, 1.165) is 34.5 Å². The van der Waals surface area contributed by atoms with Gasteiger partial charge in [-0.2, -0.15) is 5.10 Å². The Morgan fingerprint density at radius 3 is 3.00 bits per heavy atom. The molecule has 0 saturated carbocycles. The zero-order valence-corrected chi connectivity index (χ0v) is 11.9. The summed E-state index contributed by atoms with van der Waals surface area (Å²) >= 11 is 3.47. The van der Waals surface area contributed by atoms with Crippen molar-refractivity contribution in [2.75, 3.05) is 0 Å². The Balaban J connectivity index is 2.20. The van der Waals surface area contributed by atoms with Crippen LogP contribution < -0.4 is 10.5 Å². The number of halogens is 1. The van der Waals surface area contributed by atoms with Crippen LogP contribution in [-0.2, 0) is 13.1 Å². The van der Waals surface area contributed by atoms with Crippen LogP contribution >= 0.6 is 15.9 Å². The van der Waals surface area contributed by atoms with Gasteiger partial charge in [0.15, 0.2) is 5.75 Å². The highest BCUT2D eigenvalue weighted by atomic mass is 79.9. The van der Waals surface area contributed by atoms with Crippen LogP contribution in [0.25, 0.3) is 0 Å². The van der Waals surface area contributed by atoms with Gasteiger partial charge in [-0.1, -0.05) is 28.9 Å². The molecule has 0 fully saturated rings. The topological polar surface area (TPSA) is 53.1 Å². The molecular formula is C13H16BrN3O. The number of benzene rings is 1. The molecule has 96 valence electrons. The van der Waals surface area contributed by atoms with E-state index in [2.05, 4.69) is 28.0 Å². The molecule has 0 unspecified atom stereocenters. The minimum atomic E-state index is 0.430. The lowest BCUT2D eigenvalue weighted by molar-refractivity contribution is 0.474. The lowest BCUT2D eigenvalue weighted by Crippen LogP contribution is -2.00. The molecule has 0 saturated heterocycles. The molecule has 2 rings (SSSR count). The maximum Gasteiger partial charge on any atom is 0.165 e. The van der Waals surface area contributed by atoms with Gasteiger partial charge in [0, 0.05) is 23.1 Å². The fourth-order valence-electron chi connectivity index (χ4n) is 1.71. The molecule has 0 spiro atoms. The summed E-state index contributed by atoms with van der Waals surface area (Å²) in [5, 5.41) is 4.23. The van der Waals surface area contributed by atoms with Gasteiger partial charge in [0.05, 0.1) is 12.4 Å². The third-order valence-corrected chi connectivity index (χ3v) is 3.31. The lowest BCUT2D eigenvalue weighted by atomic mass is 10.2. The normalized spacial score (nSPS) is 10.6. The van der Waals surface area contributed by atoms with E-state index >= 15 is 0 Å². The highest BCUT2D eigenvalue weighted by Gasteiger charge is 2.08. The predicted molar refractivity (Wildman–Crippen MR) is 74.6 cm³/mol. The fraction of sp³-hybridized carbons (Fsp3) is 0.308. The summed E-state index contributed by atoms with van der Waals surface area (Å²) in [6.45, 7) is 3.44. The first kappa shape index (κ1) is 13.1. The highest BCUT2D eigenvalue weighted by Crippen LogP contribution is 2.30. The predicted octanol–water partition coefficient (Wildman–Crippen LogP) is 3.31. The van der Waals surface area contributed by atoms with Crippen molar-refractivity contribution in [3.05, 3.63) is 40.6 Å². The van der Waals surface area contributed by atoms with Crippen molar-refractivity contribution >= 4 is 15.9 Å². The Morgan fingerprint density at radius 1 is 1.44 bits per heavy atom. The van der Waals surface area contributed by atoms with Gasteiger partial charge in [0.25, 0.3) is 0 Å². The van der Waals surface area contributed by atoms with Crippen molar-refractivity contribution in [1.29, 1.82) is 0 Å². The Kier molecular flexibility index (Phi) is 4.38. The van der Waals surface area contributed by atoms with Gasteiger partial charge in [-0.05, 0) is 18.6 Å². The van der Waals surface area contributed by atoms with Gasteiger partial charge in [-0.15, -0.1) is 0 Å². The van der Waals surface area contributed by atoms with Crippen LogP contribution in [0.5, 0.6) is 11.5 Å². The van der Waals surface area contributed by atoms with Crippen molar-refractivity contribution in [2.24, 2.45) is 5.73 Å². The fourth-order valence-corrected chi connectivity index (χ4v) is 2.22. The third-order valence-electron chi connectivity index (χ3n) is 2.57. The van der Waals surface area contributed by atoms with Crippen LogP contribution in [0.3, 0.4) is 0 Å². The van der Waals surface area contributed by atoms with Crippen molar-refractivity contribution in [2.45, 2.75) is 26.4 Å². The number of rotatable bonds is 5. The zero-order chi connectivity index (χ0) is 13.0. The van der Waals surface area contributed by atoms with Crippen LogP contribution in [0.15, 0.2) is 35.1 Å². The van der Waals surface area contributed by atoms with E-state index in [-0.39, 0.29) is 0 Å². The average molecular weight is 310 g/mol. The Hall–Kier alpha value is -1.33. The van der Waals surface area contributed by atoms with Gasteiger partial charge in [-0.25, -0.2) is 0 Å². The molecular weight excluding hydrogens is 294 g/mol. The van der Waals surface area contributed by atoms with Gasteiger partial charge >= 0.3 is 0 Å². The average Bonchev–Trinajstić information content (AvgIpc) is 2.77. The molecule has 0 bridgehead atoms. The monoisotopic (exact) mass is 309 g/mol. The molecule has 2 N–H and O–H groups in total. The van der Waals surface area contributed by atoms with E-state index in [1.165, 1.54) is 0 Å². The number of hydrogen-bond acceptors (Lipinski definition) is 3. The standard InChI is InChI=1S/C13H16BrN3O/c1-2-6-17-9-10(8-16-17)18-13-5-3-4-12(14)11(13)7-15/h3-5,8-9H,2,6-7,15H2,1H3. The van der Waals surface area contributed by atoms with E-state index < -0.39 is 0 Å². The molecule has 0 radical (unpaired) electrons. The van der Waals surface area contributed by atoms with Crippen molar-refractivity contribution in [1.82, 2.24) is 9.78 Å². The second kappa shape index (κ2) is 6.02. The smallest absolute Gasteiger partial charge is 0.165 e. The molecule has 0 aliphatic rings. The van der Waals surface area contributed by atoms with Gasteiger partial charge < -0.3 is 10.5 Å². The molecule has 1 aromatic carbocycles. The van der Waals surface area contributed by atoms with E-state index in [0.29, 0.717) is 6.54 Å². The van der Waals surface area contributed by atoms with E-state index in [1.807, 2.05) is 29.1 Å².